The summed E-state index contributed by atoms with van der Waals surface area (Å²) in [5, 5.41) is 0.994. The maximum atomic E-state index is 14.7. The molecule has 0 aliphatic carbocycles. The van der Waals surface area contributed by atoms with Crippen LogP contribution in [0.3, 0.4) is 0 Å². The molecule has 1 aromatic heterocycles. The summed E-state index contributed by atoms with van der Waals surface area (Å²) >= 11 is 5.85. The maximum Gasteiger partial charge on any atom is 0.396 e. The molecule has 3 rings (SSSR count). The van der Waals surface area contributed by atoms with Crippen molar-refractivity contribution in [3.05, 3.63) is 94.3 Å². The van der Waals surface area contributed by atoms with Gasteiger partial charge in [-0.15, -0.1) is 0 Å². The van der Waals surface area contributed by atoms with Gasteiger partial charge in [0, 0.05) is 23.3 Å². The van der Waals surface area contributed by atoms with Crippen molar-refractivity contribution in [1.82, 2.24) is 10.3 Å². The van der Waals surface area contributed by atoms with Gasteiger partial charge >= 0.3 is 11.9 Å². The number of carbonyl (C=O) groups excluding carboxylic acids is 2. The third-order valence-electron chi connectivity index (χ3n) is 4.72. The van der Waals surface area contributed by atoms with Gasteiger partial charge < -0.3 is 10.1 Å². The van der Waals surface area contributed by atoms with Crippen LogP contribution >= 0.6 is 11.6 Å². The maximum absolute atomic E-state index is 14.7. The summed E-state index contributed by atoms with van der Waals surface area (Å²) in [5.74, 6) is -3.72. The minimum atomic E-state index is -4.28. The van der Waals surface area contributed by atoms with Gasteiger partial charge in [0.15, 0.2) is 9.84 Å². The fourth-order valence-corrected chi connectivity index (χ4v) is 4.99. The molecule has 0 fully saturated rings. The molecule has 0 bridgehead atoms. The number of hydrogen-bond acceptors (Lipinski definition) is 6. The highest BCUT2D eigenvalue weighted by Crippen LogP contribution is 2.36. The molecule has 178 valence electrons. The second kappa shape index (κ2) is 10.7. The van der Waals surface area contributed by atoms with Gasteiger partial charge in [0.2, 0.25) is 0 Å². The minimum absolute atomic E-state index is 0.0443. The summed E-state index contributed by atoms with van der Waals surface area (Å²) in [5.41, 5.74) is -0.0468. The van der Waals surface area contributed by atoms with Crippen LogP contribution in [-0.2, 0) is 30.7 Å². The number of benzene rings is 2. The number of amides is 1. The molecular formula is C23H19ClF2N2O5S. The van der Waals surface area contributed by atoms with Gasteiger partial charge in [-0.1, -0.05) is 17.7 Å². The lowest BCUT2D eigenvalue weighted by Crippen LogP contribution is -2.32. The van der Waals surface area contributed by atoms with Crippen LogP contribution in [0.15, 0.2) is 65.7 Å². The van der Waals surface area contributed by atoms with E-state index in [2.05, 4.69) is 15.0 Å². The average molecular weight is 509 g/mol. The Morgan fingerprint density at radius 3 is 2.41 bits per heavy atom. The molecule has 1 unspecified atom stereocenters. The standard InChI is InChI=1S/C23H19ClF2N2O5S/c1-2-33-23(30)22(29)28-13-14-3-10-20(27-12-14)21(18-11-16(25)6-9-19(18)26)34(31,32)17-7-4-15(24)5-8-17/h3-12,21H,2,13H2,1H3,(H,28,29). The Morgan fingerprint density at radius 2 is 1.79 bits per heavy atom. The van der Waals surface area contributed by atoms with Crippen molar-refractivity contribution in [3.8, 4) is 0 Å². The Balaban J connectivity index is 1.97. The second-order valence-corrected chi connectivity index (χ2v) is 9.51. The Bertz CT molecular complexity index is 1300. The number of carbonyl (C=O) groups is 2. The zero-order chi connectivity index (χ0) is 24.9. The summed E-state index contributed by atoms with van der Waals surface area (Å²) in [6.07, 6.45) is 1.27. The molecule has 0 radical (unpaired) electrons. The van der Waals surface area contributed by atoms with E-state index in [-0.39, 0.29) is 23.7 Å². The fraction of sp³-hybridized carbons (Fsp3) is 0.174. The Kier molecular flexibility index (Phi) is 7.95. The van der Waals surface area contributed by atoms with E-state index in [0.29, 0.717) is 10.6 Å². The van der Waals surface area contributed by atoms with E-state index in [1.807, 2.05) is 0 Å². The number of aromatic nitrogens is 1. The molecule has 0 aliphatic rings. The largest absolute Gasteiger partial charge is 0.459 e. The fourth-order valence-electron chi connectivity index (χ4n) is 3.11. The van der Waals surface area contributed by atoms with E-state index in [4.69, 9.17) is 11.6 Å². The number of sulfone groups is 1. The van der Waals surface area contributed by atoms with Crippen molar-refractivity contribution in [1.29, 1.82) is 0 Å². The molecule has 34 heavy (non-hydrogen) atoms. The van der Waals surface area contributed by atoms with E-state index >= 15 is 0 Å². The van der Waals surface area contributed by atoms with Gasteiger partial charge in [-0.2, -0.15) is 0 Å². The predicted octanol–water partition coefficient (Wildman–Crippen LogP) is 3.76. The van der Waals surface area contributed by atoms with Gasteiger partial charge in [0.25, 0.3) is 0 Å². The van der Waals surface area contributed by atoms with Crippen molar-refractivity contribution in [2.75, 3.05) is 6.61 Å². The third kappa shape index (κ3) is 5.75. The highest BCUT2D eigenvalue weighted by Gasteiger charge is 2.34. The highest BCUT2D eigenvalue weighted by molar-refractivity contribution is 7.91. The number of nitrogens with one attached hydrogen (secondary N) is 1. The Morgan fingerprint density at radius 1 is 1.09 bits per heavy atom. The molecule has 2 aromatic carbocycles. The van der Waals surface area contributed by atoms with E-state index in [1.54, 1.807) is 6.92 Å². The number of pyridine rings is 1. The number of halogens is 3. The van der Waals surface area contributed by atoms with Gasteiger partial charge in [-0.3, -0.25) is 9.78 Å². The van der Waals surface area contributed by atoms with Crippen molar-refractivity contribution in [2.45, 2.75) is 23.6 Å². The lowest BCUT2D eigenvalue weighted by Gasteiger charge is -2.19. The molecule has 0 saturated heterocycles. The first-order chi connectivity index (χ1) is 16.1. The Labute approximate surface area is 199 Å². The van der Waals surface area contributed by atoms with Gasteiger partial charge in [-0.05, 0) is 61.0 Å². The van der Waals surface area contributed by atoms with Crippen molar-refractivity contribution in [2.24, 2.45) is 0 Å². The van der Waals surface area contributed by atoms with Crippen LogP contribution in [0, 0.1) is 11.6 Å². The molecule has 7 nitrogen and oxygen atoms in total. The van der Waals surface area contributed by atoms with Gasteiger partial charge in [0.05, 0.1) is 17.2 Å². The van der Waals surface area contributed by atoms with Crippen LogP contribution in [0.25, 0.3) is 0 Å². The second-order valence-electron chi connectivity index (χ2n) is 7.04. The van der Waals surface area contributed by atoms with E-state index in [1.165, 1.54) is 42.6 Å². The molecule has 0 aliphatic heterocycles. The molecule has 11 heteroatoms. The normalized spacial score (nSPS) is 12.1. The van der Waals surface area contributed by atoms with Crippen LogP contribution in [0.5, 0.6) is 0 Å². The molecular weight excluding hydrogens is 490 g/mol. The highest BCUT2D eigenvalue weighted by atomic mass is 35.5. The first-order valence-corrected chi connectivity index (χ1v) is 11.9. The zero-order valence-corrected chi connectivity index (χ0v) is 19.4. The number of nitrogens with zero attached hydrogens (tertiary/aromatic N) is 1. The lowest BCUT2D eigenvalue weighted by atomic mass is 10.1. The predicted molar refractivity (Wildman–Crippen MR) is 120 cm³/mol. The molecule has 3 aromatic rings. The first kappa shape index (κ1) is 25.3. The summed E-state index contributed by atoms with van der Waals surface area (Å²) in [6.45, 7) is 1.51. The van der Waals surface area contributed by atoms with Crippen molar-refractivity contribution in [3.63, 3.8) is 0 Å². The van der Waals surface area contributed by atoms with Crippen LogP contribution in [0.2, 0.25) is 5.02 Å². The number of ether oxygens (including phenoxy) is 1. The van der Waals surface area contributed by atoms with Crippen molar-refractivity contribution >= 4 is 33.3 Å². The summed E-state index contributed by atoms with van der Waals surface area (Å²) in [7, 11) is -4.28. The van der Waals surface area contributed by atoms with E-state index in [9.17, 15) is 26.8 Å². The Hall–Kier alpha value is -3.37. The number of rotatable bonds is 7. The smallest absolute Gasteiger partial charge is 0.396 e. The number of esters is 1. The molecule has 0 saturated carbocycles. The third-order valence-corrected chi connectivity index (χ3v) is 7.02. The summed E-state index contributed by atoms with van der Waals surface area (Å²) < 4.78 is 60.1. The van der Waals surface area contributed by atoms with E-state index in [0.717, 1.165) is 18.2 Å². The lowest BCUT2D eigenvalue weighted by molar-refractivity contribution is -0.154. The quantitative estimate of drug-likeness (QED) is 0.385. The first-order valence-electron chi connectivity index (χ1n) is 9.97. The van der Waals surface area contributed by atoms with Crippen LogP contribution in [-0.4, -0.2) is 31.9 Å². The van der Waals surface area contributed by atoms with Crippen LogP contribution in [0.4, 0.5) is 8.78 Å². The number of hydrogen-bond donors (Lipinski definition) is 1. The molecule has 1 amide bonds. The van der Waals surface area contributed by atoms with E-state index < -0.39 is 44.2 Å². The average Bonchev–Trinajstić information content (AvgIpc) is 2.81. The zero-order valence-electron chi connectivity index (χ0n) is 17.8. The topological polar surface area (TPSA) is 102 Å². The summed E-state index contributed by atoms with van der Waals surface area (Å²) in [4.78, 5) is 27.1. The molecule has 0 spiro atoms. The van der Waals surface area contributed by atoms with Crippen LogP contribution < -0.4 is 5.32 Å². The molecule has 1 heterocycles. The van der Waals surface area contributed by atoms with Crippen molar-refractivity contribution < 1.29 is 31.5 Å². The monoisotopic (exact) mass is 508 g/mol. The molecule has 1 N–H and O–H groups in total. The van der Waals surface area contributed by atoms with Gasteiger partial charge in [-0.25, -0.2) is 22.0 Å². The summed E-state index contributed by atoms with van der Waals surface area (Å²) in [6, 6.07) is 10.6. The van der Waals surface area contributed by atoms with Gasteiger partial charge in [0.1, 0.15) is 16.9 Å². The SMILES string of the molecule is CCOC(=O)C(=O)NCc1ccc(C(c2cc(F)ccc2F)S(=O)(=O)c2ccc(Cl)cc2)nc1. The molecule has 1 atom stereocenters. The minimum Gasteiger partial charge on any atom is -0.459 e. The van der Waals surface area contributed by atoms with Crippen LogP contribution in [0.1, 0.15) is 29.0 Å².